The van der Waals surface area contributed by atoms with Gasteiger partial charge in [0.25, 0.3) is 0 Å². The molecule has 2 atom stereocenters. The molecule has 0 saturated carbocycles. The number of hydrogen-bond donors (Lipinski definition) is 2. The summed E-state index contributed by atoms with van der Waals surface area (Å²) >= 11 is 0. The van der Waals surface area contributed by atoms with Crippen molar-refractivity contribution < 1.29 is 4.90 Å². The fourth-order valence-electron chi connectivity index (χ4n) is 1.18. The Balaban J connectivity index is 2.22. The van der Waals surface area contributed by atoms with Crippen molar-refractivity contribution in [3.05, 3.63) is 7.05 Å². The van der Waals surface area contributed by atoms with Crippen LogP contribution in [0.4, 0.5) is 0 Å². The molecule has 1 rings (SSSR count). The molecule has 0 amide bonds. The average molecular weight is 114 g/mol. The summed E-state index contributed by atoms with van der Waals surface area (Å²) in [5.74, 6) is 0. The Morgan fingerprint density at radius 3 is 2.75 bits per heavy atom. The van der Waals surface area contributed by atoms with Crippen LogP contribution >= 0.6 is 0 Å². The van der Waals surface area contributed by atoms with E-state index in [1.54, 1.807) is 0 Å². The van der Waals surface area contributed by atoms with Gasteiger partial charge in [-0.25, -0.2) is 0 Å². The first-order valence-corrected chi connectivity index (χ1v) is 3.17. The van der Waals surface area contributed by atoms with E-state index in [0.29, 0.717) is 0 Å². The Morgan fingerprint density at radius 1 is 1.75 bits per heavy atom. The van der Waals surface area contributed by atoms with Crippen LogP contribution in [0.15, 0.2) is 0 Å². The van der Waals surface area contributed by atoms with Crippen molar-refractivity contribution in [1.82, 2.24) is 5.32 Å². The Bertz CT molecular complexity index is 72.9. The number of rotatable bonds is 1. The molecule has 48 valence electrons. The molecule has 0 aromatic heterocycles. The van der Waals surface area contributed by atoms with Crippen LogP contribution in [-0.4, -0.2) is 26.2 Å². The Hall–Kier alpha value is -0.0800. The summed E-state index contributed by atoms with van der Waals surface area (Å²) in [6, 6.07) is 0.725. The number of likely N-dealkylation sites (tertiary alicyclic amines) is 1. The SMILES string of the molecule is [CH2-][NH+]1CC[C@H](NC)C1. The molecule has 0 spiro atoms. The molecule has 1 aliphatic heterocycles. The highest BCUT2D eigenvalue weighted by Crippen LogP contribution is 1.89. The summed E-state index contributed by atoms with van der Waals surface area (Å²) < 4.78 is 0. The third kappa shape index (κ3) is 1.20. The molecule has 1 aliphatic rings. The Labute approximate surface area is 50.9 Å². The van der Waals surface area contributed by atoms with Crippen LogP contribution in [0.5, 0.6) is 0 Å². The standard InChI is InChI=1S/C6H14N2/c1-7-6-3-4-8(2)5-6/h6-8H,2-5H2,1H3/t6-/m0/s1. The average Bonchev–Trinajstić information content (AvgIpc) is 2.14. The highest BCUT2D eigenvalue weighted by atomic mass is 15.2. The minimum atomic E-state index is 0.725. The van der Waals surface area contributed by atoms with Crippen molar-refractivity contribution >= 4 is 0 Å². The zero-order valence-corrected chi connectivity index (χ0v) is 5.41. The van der Waals surface area contributed by atoms with Crippen molar-refractivity contribution in [2.45, 2.75) is 12.5 Å². The van der Waals surface area contributed by atoms with E-state index in [1.165, 1.54) is 24.4 Å². The minimum absolute atomic E-state index is 0.725. The number of nitrogens with one attached hydrogen (secondary N) is 2. The highest BCUT2D eigenvalue weighted by Gasteiger charge is 2.16. The summed E-state index contributed by atoms with van der Waals surface area (Å²) in [5, 5.41) is 3.23. The third-order valence-corrected chi connectivity index (χ3v) is 1.79. The van der Waals surface area contributed by atoms with E-state index in [-0.39, 0.29) is 0 Å². The van der Waals surface area contributed by atoms with Gasteiger partial charge < -0.3 is 10.2 Å². The third-order valence-electron chi connectivity index (χ3n) is 1.79. The topological polar surface area (TPSA) is 16.5 Å². The minimum Gasteiger partial charge on any atom is -0.466 e. The van der Waals surface area contributed by atoms with Gasteiger partial charge in [0.2, 0.25) is 0 Å². The monoisotopic (exact) mass is 114 g/mol. The van der Waals surface area contributed by atoms with Crippen molar-refractivity contribution in [3.63, 3.8) is 0 Å². The maximum Gasteiger partial charge on any atom is 0.0688 e. The van der Waals surface area contributed by atoms with Crippen molar-refractivity contribution in [2.24, 2.45) is 0 Å². The largest absolute Gasteiger partial charge is 0.466 e. The van der Waals surface area contributed by atoms with Crippen molar-refractivity contribution in [2.75, 3.05) is 20.1 Å². The molecule has 2 nitrogen and oxygen atoms in total. The summed E-state index contributed by atoms with van der Waals surface area (Å²) in [4.78, 5) is 1.41. The molecule has 2 heteroatoms. The maximum absolute atomic E-state index is 3.91. The van der Waals surface area contributed by atoms with E-state index in [1.807, 2.05) is 7.05 Å². The molecule has 0 aliphatic carbocycles. The van der Waals surface area contributed by atoms with Crippen LogP contribution in [0, 0.1) is 7.05 Å². The van der Waals surface area contributed by atoms with E-state index in [2.05, 4.69) is 12.4 Å². The zero-order chi connectivity index (χ0) is 5.98. The van der Waals surface area contributed by atoms with E-state index < -0.39 is 0 Å². The smallest absolute Gasteiger partial charge is 0.0688 e. The molecule has 1 heterocycles. The van der Waals surface area contributed by atoms with Crippen molar-refractivity contribution in [1.29, 1.82) is 0 Å². The second kappa shape index (κ2) is 2.46. The van der Waals surface area contributed by atoms with Gasteiger partial charge in [-0.2, -0.15) is 7.05 Å². The number of quaternary nitrogens is 1. The second-order valence-electron chi connectivity index (χ2n) is 2.48. The lowest BCUT2D eigenvalue weighted by Crippen LogP contribution is -3.05. The van der Waals surface area contributed by atoms with Crippen LogP contribution in [0.2, 0.25) is 0 Å². The van der Waals surface area contributed by atoms with Gasteiger partial charge >= 0.3 is 0 Å². The number of hydrogen-bond acceptors (Lipinski definition) is 1. The first kappa shape index (κ1) is 6.05. The van der Waals surface area contributed by atoms with Gasteiger partial charge in [-0.1, -0.05) is 0 Å². The molecule has 2 N–H and O–H groups in total. The molecule has 0 bridgehead atoms. The molecule has 1 unspecified atom stereocenters. The molecule has 1 fully saturated rings. The number of likely N-dealkylation sites (N-methyl/N-ethyl adjacent to an activating group) is 1. The van der Waals surface area contributed by atoms with E-state index in [9.17, 15) is 0 Å². The lowest BCUT2D eigenvalue weighted by atomic mass is 10.3. The molecule has 0 aromatic carbocycles. The van der Waals surface area contributed by atoms with E-state index in [4.69, 9.17) is 0 Å². The lowest BCUT2D eigenvalue weighted by molar-refractivity contribution is -0.840. The molecule has 1 saturated heterocycles. The van der Waals surface area contributed by atoms with E-state index in [0.717, 1.165) is 6.04 Å². The van der Waals surface area contributed by atoms with Gasteiger partial charge in [-0.3, -0.25) is 0 Å². The fraction of sp³-hybridized carbons (Fsp3) is 0.833. The first-order valence-electron chi connectivity index (χ1n) is 3.17. The first-order chi connectivity index (χ1) is 3.83. The van der Waals surface area contributed by atoms with Crippen molar-refractivity contribution in [3.8, 4) is 0 Å². The Morgan fingerprint density at radius 2 is 2.50 bits per heavy atom. The zero-order valence-electron chi connectivity index (χ0n) is 5.41. The quantitative estimate of drug-likeness (QED) is 0.403. The van der Waals surface area contributed by atoms with Gasteiger partial charge in [0, 0.05) is 6.42 Å². The summed E-state index contributed by atoms with van der Waals surface area (Å²) in [5.41, 5.74) is 0. The predicted octanol–water partition coefficient (Wildman–Crippen LogP) is -1.35. The van der Waals surface area contributed by atoms with Crippen LogP contribution in [0.1, 0.15) is 6.42 Å². The van der Waals surface area contributed by atoms with E-state index >= 15 is 0 Å². The van der Waals surface area contributed by atoms with Crippen LogP contribution in [0.25, 0.3) is 0 Å². The van der Waals surface area contributed by atoms with Crippen LogP contribution in [-0.2, 0) is 0 Å². The molecule has 8 heavy (non-hydrogen) atoms. The summed E-state index contributed by atoms with van der Waals surface area (Å²) in [6.07, 6.45) is 1.29. The van der Waals surface area contributed by atoms with Gasteiger partial charge in [-0.15, -0.1) is 0 Å². The predicted molar refractivity (Wildman–Crippen MR) is 33.5 cm³/mol. The van der Waals surface area contributed by atoms with Gasteiger partial charge in [-0.05, 0) is 7.05 Å². The summed E-state index contributed by atoms with van der Waals surface area (Å²) in [6.45, 7) is 2.42. The molecular weight excluding hydrogens is 100 g/mol. The molecule has 0 aromatic rings. The van der Waals surface area contributed by atoms with Gasteiger partial charge in [0.15, 0.2) is 0 Å². The summed E-state index contributed by atoms with van der Waals surface area (Å²) in [7, 11) is 5.93. The molecule has 0 radical (unpaired) electrons. The fourth-order valence-corrected chi connectivity index (χ4v) is 1.18. The second-order valence-corrected chi connectivity index (χ2v) is 2.48. The van der Waals surface area contributed by atoms with Gasteiger partial charge in [0.05, 0.1) is 19.1 Å². The van der Waals surface area contributed by atoms with Crippen LogP contribution < -0.4 is 10.2 Å². The lowest BCUT2D eigenvalue weighted by Gasteiger charge is -2.11. The Kier molecular flexibility index (Phi) is 1.86. The highest BCUT2D eigenvalue weighted by molar-refractivity contribution is 4.66. The van der Waals surface area contributed by atoms with Gasteiger partial charge in [0.1, 0.15) is 0 Å². The molecular formula is C6H14N2. The normalized spacial score (nSPS) is 38.2. The van der Waals surface area contributed by atoms with Crippen LogP contribution in [0.3, 0.4) is 0 Å². The maximum atomic E-state index is 3.91.